The van der Waals surface area contributed by atoms with Crippen LogP contribution in [0.5, 0.6) is 0 Å². The molecule has 184 valence electrons. The van der Waals surface area contributed by atoms with Crippen LogP contribution in [0.15, 0.2) is 0 Å². The number of hydrogen-bond donors (Lipinski definition) is 2. The lowest BCUT2D eigenvalue weighted by atomic mass is 9.91. The number of rotatable bonds is 0. The van der Waals surface area contributed by atoms with Gasteiger partial charge in [0.2, 0.25) is 0 Å². The third-order valence-electron chi connectivity index (χ3n) is 6.66. The summed E-state index contributed by atoms with van der Waals surface area (Å²) >= 11 is 0. The molecule has 4 aliphatic rings. The van der Waals surface area contributed by atoms with Crippen LogP contribution in [0.3, 0.4) is 0 Å². The third kappa shape index (κ3) is 19.8. The number of piperidine rings is 3. The Kier molecular flexibility index (Phi) is 23.6. The SMILES string of the molecule is C.C.CC1CCCCC1.CC1CCCCN1.CC1CCNCC1.CN1CCCCC1. The van der Waals surface area contributed by atoms with Crippen molar-refractivity contribution in [1.29, 1.82) is 0 Å². The average Bonchev–Trinajstić information content (AvgIpc) is 2.72. The number of nitrogens with one attached hydrogen (secondary N) is 2. The highest BCUT2D eigenvalue weighted by molar-refractivity contribution is 4.66. The van der Waals surface area contributed by atoms with Crippen LogP contribution < -0.4 is 10.6 Å². The van der Waals surface area contributed by atoms with E-state index in [4.69, 9.17) is 0 Å². The zero-order valence-electron chi connectivity index (χ0n) is 19.9. The lowest BCUT2D eigenvalue weighted by Crippen LogP contribution is -2.30. The van der Waals surface area contributed by atoms with Crippen LogP contribution >= 0.6 is 0 Å². The van der Waals surface area contributed by atoms with Crippen molar-refractivity contribution in [2.75, 3.05) is 39.8 Å². The van der Waals surface area contributed by atoms with Crippen molar-refractivity contribution in [3.05, 3.63) is 0 Å². The van der Waals surface area contributed by atoms with Gasteiger partial charge in [-0.3, -0.25) is 0 Å². The fourth-order valence-electron chi connectivity index (χ4n) is 4.35. The first-order valence-corrected chi connectivity index (χ1v) is 12.7. The van der Waals surface area contributed by atoms with Gasteiger partial charge in [0.05, 0.1) is 0 Å². The van der Waals surface area contributed by atoms with Gasteiger partial charge in [0.25, 0.3) is 0 Å². The fourth-order valence-corrected chi connectivity index (χ4v) is 4.35. The van der Waals surface area contributed by atoms with E-state index in [1.54, 1.807) is 0 Å². The molecule has 3 heteroatoms. The molecule has 1 unspecified atom stereocenters. The topological polar surface area (TPSA) is 27.3 Å². The Bertz CT molecular complexity index is 246. The van der Waals surface area contributed by atoms with E-state index < -0.39 is 0 Å². The lowest BCUT2D eigenvalue weighted by molar-refractivity contribution is 0.277. The summed E-state index contributed by atoms with van der Waals surface area (Å²) in [5.41, 5.74) is 0. The summed E-state index contributed by atoms with van der Waals surface area (Å²) in [6.45, 7) is 13.3. The molecule has 0 bridgehead atoms. The van der Waals surface area contributed by atoms with Crippen LogP contribution in [-0.4, -0.2) is 50.7 Å². The Hall–Kier alpha value is -0.120. The molecule has 1 saturated carbocycles. The molecule has 0 aromatic heterocycles. The maximum Gasteiger partial charge on any atom is 0.00387 e. The van der Waals surface area contributed by atoms with Crippen LogP contribution in [0.25, 0.3) is 0 Å². The first kappa shape index (κ1) is 32.1. The standard InChI is InChI=1S/C7H14.3C6H13N.2CH4/c1-7-5-3-2-4-6-7;1-6-2-4-7-5-3-6;1-7-5-3-2-4-6-7;1-6-4-2-3-5-7-6;;/h7H,2-6H2,1H3;6-7H,2-5H2,1H3;2-6H2,1H3;6-7H,2-5H2,1H3;2*1H4. The van der Waals surface area contributed by atoms with Gasteiger partial charge in [-0.25, -0.2) is 0 Å². The molecule has 0 spiro atoms. The summed E-state index contributed by atoms with van der Waals surface area (Å²) in [5.74, 6) is 2.01. The zero-order chi connectivity index (χ0) is 20.5. The summed E-state index contributed by atoms with van der Waals surface area (Å²) < 4.78 is 0. The molecule has 0 aromatic rings. The van der Waals surface area contributed by atoms with E-state index in [9.17, 15) is 0 Å². The Morgan fingerprint density at radius 1 is 0.567 bits per heavy atom. The maximum absolute atomic E-state index is 3.38. The van der Waals surface area contributed by atoms with Crippen molar-refractivity contribution < 1.29 is 0 Å². The lowest BCUT2D eigenvalue weighted by Gasteiger charge is -2.20. The molecule has 0 radical (unpaired) electrons. The van der Waals surface area contributed by atoms with Gasteiger partial charge in [0, 0.05) is 6.04 Å². The highest BCUT2D eigenvalue weighted by Crippen LogP contribution is 2.22. The van der Waals surface area contributed by atoms with Gasteiger partial charge < -0.3 is 15.5 Å². The predicted octanol–water partition coefficient (Wildman–Crippen LogP) is 7.12. The van der Waals surface area contributed by atoms with Crippen molar-refractivity contribution in [2.24, 2.45) is 11.8 Å². The van der Waals surface area contributed by atoms with Crippen LogP contribution in [-0.2, 0) is 0 Å². The van der Waals surface area contributed by atoms with Gasteiger partial charge in [0.1, 0.15) is 0 Å². The molecule has 4 fully saturated rings. The molecule has 0 amide bonds. The smallest absolute Gasteiger partial charge is 0.00387 e. The van der Waals surface area contributed by atoms with E-state index in [0.29, 0.717) is 0 Å². The molecule has 3 saturated heterocycles. The van der Waals surface area contributed by atoms with Crippen LogP contribution in [0, 0.1) is 11.8 Å². The van der Waals surface area contributed by atoms with Gasteiger partial charge in [-0.05, 0) is 97.1 Å². The third-order valence-corrected chi connectivity index (χ3v) is 6.66. The van der Waals surface area contributed by atoms with E-state index in [1.165, 1.54) is 116 Å². The molecule has 3 aliphatic heterocycles. The second-order valence-electron chi connectivity index (χ2n) is 9.89. The van der Waals surface area contributed by atoms with Gasteiger partial charge in [-0.2, -0.15) is 0 Å². The summed E-state index contributed by atoms with van der Waals surface area (Å²) in [6.07, 6.45) is 18.6. The van der Waals surface area contributed by atoms with Gasteiger partial charge >= 0.3 is 0 Å². The molecular weight excluding hydrogens is 366 g/mol. The molecule has 4 rings (SSSR count). The number of likely N-dealkylation sites (tertiary alicyclic amines) is 1. The Balaban J connectivity index is 0. The van der Waals surface area contributed by atoms with Crippen molar-refractivity contribution in [3.8, 4) is 0 Å². The van der Waals surface area contributed by atoms with Gasteiger partial charge in [-0.1, -0.05) is 73.6 Å². The normalized spacial score (nSPS) is 25.4. The van der Waals surface area contributed by atoms with E-state index >= 15 is 0 Å². The highest BCUT2D eigenvalue weighted by Gasteiger charge is 2.06. The summed E-state index contributed by atoms with van der Waals surface area (Å²) in [7, 11) is 2.19. The number of hydrogen-bond acceptors (Lipinski definition) is 3. The zero-order valence-corrected chi connectivity index (χ0v) is 19.9. The van der Waals surface area contributed by atoms with Crippen molar-refractivity contribution >= 4 is 0 Å². The molecule has 2 N–H and O–H groups in total. The Morgan fingerprint density at radius 3 is 1.33 bits per heavy atom. The minimum atomic E-state index is 0. The van der Waals surface area contributed by atoms with E-state index in [2.05, 4.69) is 43.4 Å². The van der Waals surface area contributed by atoms with E-state index in [1.807, 2.05) is 0 Å². The van der Waals surface area contributed by atoms with Crippen molar-refractivity contribution in [3.63, 3.8) is 0 Å². The molecule has 0 aromatic carbocycles. The average molecular weight is 428 g/mol. The summed E-state index contributed by atoms with van der Waals surface area (Å²) in [4.78, 5) is 2.39. The molecule has 1 atom stereocenters. The largest absolute Gasteiger partial charge is 0.317 e. The maximum atomic E-state index is 3.38. The quantitative estimate of drug-likeness (QED) is 0.431. The molecule has 3 heterocycles. The monoisotopic (exact) mass is 427 g/mol. The van der Waals surface area contributed by atoms with Crippen molar-refractivity contribution in [1.82, 2.24) is 15.5 Å². The molecular formula is C27H61N3. The Morgan fingerprint density at radius 2 is 1.07 bits per heavy atom. The fraction of sp³-hybridized carbons (Fsp3) is 1.00. The van der Waals surface area contributed by atoms with Crippen LogP contribution in [0.4, 0.5) is 0 Å². The number of nitrogens with zero attached hydrogens (tertiary/aromatic N) is 1. The minimum Gasteiger partial charge on any atom is -0.317 e. The van der Waals surface area contributed by atoms with Crippen molar-refractivity contribution in [2.45, 2.75) is 125 Å². The first-order chi connectivity index (χ1) is 13.6. The summed E-state index contributed by atoms with van der Waals surface area (Å²) in [6, 6.07) is 0.786. The van der Waals surface area contributed by atoms with Gasteiger partial charge in [0.15, 0.2) is 0 Å². The predicted molar refractivity (Wildman–Crippen MR) is 140 cm³/mol. The minimum absolute atomic E-state index is 0. The summed E-state index contributed by atoms with van der Waals surface area (Å²) in [5, 5.41) is 6.70. The molecule has 1 aliphatic carbocycles. The highest BCUT2D eigenvalue weighted by atomic mass is 15.1. The second kappa shape index (κ2) is 22.1. The molecule has 3 nitrogen and oxygen atoms in total. The molecule has 30 heavy (non-hydrogen) atoms. The first-order valence-electron chi connectivity index (χ1n) is 12.7. The van der Waals surface area contributed by atoms with E-state index in [-0.39, 0.29) is 14.9 Å². The van der Waals surface area contributed by atoms with Gasteiger partial charge in [-0.15, -0.1) is 0 Å². The van der Waals surface area contributed by atoms with Crippen LogP contribution in [0.2, 0.25) is 0 Å². The Labute approximate surface area is 192 Å². The van der Waals surface area contributed by atoms with Crippen LogP contribution in [0.1, 0.15) is 119 Å². The second-order valence-corrected chi connectivity index (χ2v) is 9.89. The van der Waals surface area contributed by atoms with E-state index in [0.717, 1.165) is 17.9 Å².